The van der Waals surface area contributed by atoms with Gasteiger partial charge in [-0.15, -0.1) is 0 Å². The lowest BCUT2D eigenvalue weighted by molar-refractivity contribution is -0.143. The van der Waals surface area contributed by atoms with E-state index < -0.39 is 17.9 Å². The molecular formula is C22H25N3O4. The summed E-state index contributed by atoms with van der Waals surface area (Å²) in [6.07, 6.45) is 0.605. The van der Waals surface area contributed by atoms with Crippen molar-refractivity contribution in [2.45, 2.75) is 31.8 Å². The van der Waals surface area contributed by atoms with E-state index in [4.69, 9.17) is 10.8 Å². The van der Waals surface area contributed by atoms with Crippen LogP contribution >= 0.6 is 0 Å². The molecule has 2 aromatic rings. The van der Waals surface area contributed by atoms with Gasteiger partial charge in [0.2, 0.25) is 11.8 Å². The Labute approximate surface area is 169 Å². The van der Waals surface area contributed by atoms with Crippen LogP contribution in [0.15, 0.2) is 48.5 Å². The van der Waals surface area contributed by atoms with Crippen molar-refractivity contribution in [2.75, 3.05) is 12.4 Å². The Hall–Kier alpha value is -3.19. The summed E-state index contributed by atoms with van der Waals surface area (Å²) in [5.41, 5.74) is 9.45. The molecule has 0 radical (unpaired) electrons. The van der Waals surface area contributed by atoms with Crippen LogP contribution in [-0.4, -0.2) is 40.9 Å². The van der Waals surface area contributed by atoms with Gasteiger partial charge in [0.25, 0.3) is 0 Å². The fraction of sp³-hybridized carbons (Fsp3) is 0.318. The average Bonchev–Trinajstić information content (AvgIpc) is 2.79. The number of fused-ring (bicyclic) bond motifs is 1. The number of nitrogens with two attached hydrogens (primary N) is 1. The van der Waals surface area contributed by atoms with E-state index in [0.717, 1.165) is 16.7 Å². The summed E-state index contributed by atoms with van der Waals surface area (Å²) < 4.78 is 0. The molecule has 0 saturated heterocycles. The van der Waals surface area contributed by atoms with Crippen LogP contribution in [0.1, 0.15) is 23.1 Å². The van der Waals surface area contributed by atoms with Crippen LogP contribution in [0.5, 0.6) is 0 Å². The number of hydrogen-bond acceptors (Lipinski definition) is 4. The molecule has 3 rings (SSSR count). The van der Waals surface area contributed by atoms with Crippen molar-refractivity contribution in [1.82, 2.24) is 4.90 Å². The van der Waals surface area contributed by atoms with Gasteiger partial charge in [-0.1, -0.05) is 36.4 Å². The SMILES string of the molecule is CN1Cc2cc(NC(=O)[C@@H](N)Cc3ccccc3)ccc2CC(CC(=O)O)C1=O. The fourth-order valence-electron chi connectivity index (χ4n) is 3.61. The monoisotopic (exact) mass is 395 g/mol. The highest BCUT2D eigenvalue weighted by atomic mass is 16.4. The molecule has 2 amide bonds. The van der Waals surface area contributed by atoms with Gasteiger partial charge < -0.3 is 21.1 Å². The quantitative estimate of drug-likeness (QED) is 0.690. The minimum atomic E-state index is -0.989. The van der Waals surface area contributed by atoms with Gasteiger partial charge in [0.05, 0.1) is 18.4 Å². The topological polar surface area (TPSA) is 113 Å². The van der Waals surface area contributed by atoms with Gasteiger partial charge in [-0.25, -0.2) is 0 Å². The standard InChI is InChI=1S/C22H25N3O4/c1-25-13-17-11-18(8-7-15(17)10-16(22(25)29)12-20(26)27)24-21(28)19(23)9-14-5-3-2-4-6-14/h2-8,11,16,19H,9-10,12-13,23H2,1H3,(H,24,28)(H,26,27)/t16?,19-/m0/s1. The van der Waals surface area contributed by atoms with Crippen molar-refractivity contribution >= 4 is 23.5 Å². The second kappa shape index (κ2) is 8.87. The molecule has 2 atom stereocenters. The number of nitrogens with one attached hydrogen (secondary N) is 1. The summed E-state index contributed by atoms with van der Waals surface area (Å²) >= 11 is 0. The summed E-state index contributed by atoms with van der Waals surface area (Å²) in [5.74, 6) is -2.04. The van der Waals surface area contributed by atoms with Gasteiger partial charge in [0, 0.05) is 19.3 Å². The van der Waals surface area contributed by atoms with E-state index in [2.05, 4.69) is 5.32 Å². The molecule has 29 heavy (non-hydrogen) atoms. The van der Waals surface area contributed by atoms with E-state index in [0.29, 0.717) is 25.1 Å². The van der Waals surface area contributed by atoms with E-state index in [1.54, 1.807) is 13.1 Å². The van der Waals surface area contributed by atoms with Crippen LogP contribution in [0.3, 0.4) is 0 Å². The van der Waals surface area contributed by atoms with Gasteiger partial charge in [0.1, 0.15) is 0 Å². The molecule has 0 spiro atoms. The van der Waals surface area contributed by atoms with Crippen molar-refractivity contribution in [3.63, 3.8) is 0 Å². The first-order chi connectivity index (χ1) is 13.8. The molecule has 152 valence electrons. The zero-order valence-corrected chi connectivity index (χ0v) is 16.3. The number of benzene rings is 2. The van der Waals surface area contributed by atoms with Gasteiger partial charge in [0.15, 0.2) is 0 Å². The number of carboxylic acid groups (broad SMARTS) is 1. The second-order valence-corrected chi connectivity index (χ2v) is 7.46. The number of carbonyl (C=O) groups excluding carboxylic acids is 2. The molecular weight excluding hydrogens is 370 g/mol. The van der Waals surface area contributed by atoms with Gasteiger partial charge in [-0.3, -0.25) is 14.4 Å². The van der Waals surface area contributed by atoms with E-state index in [1.165, 1.54) is 4.90 Å². The molecule has 1 aliphatic rings. The first-order valence-electron chi connectivity index (χ1n) is 9.52. The highest BCUT2D eigenvalue weighted by Crippen LogP contribution is 2.26. The molecule has 0 bridgehead atoms. The average molecular weight is 395 g/mol. The number of aliphatic carboxylic acids is 1. The maximum atomic E-state index is 12.5. The largest absolute Gasteiger partial charge is 0.481 e. The maximum Gasteiger partial charge on any atom is 0.304 e. The Kier molecular flexibility index (Phi) is 6.29. The normalized spacial score (nSPS) is 17.2. The van der Waals surface area contributed by atoms with Crippen LogP contribution in [0.2, 0.25) is 0 Å². The molecule has 0 aromatic heterocycles. The summed E-state index contributed by atoms with van der Waals surface area (Å²) in [5, 5.41) is 11.9. The minimum Gasteiger partial charge on any atom is -0.481 e. The molecule has 0 fully saturated rings. The summed E-state index contributed by atoms with van der Waals surface area (Å²) in [6.45, 7) is 0.365. The Morgan fingerprint density at radius 3 is 2.62 bits per heavy atom. The Bertz CT molecular complexity index is 914. The van der Waals surface area contributed by atoms with Gasteiger partial charge in [-0.05, 0) is 41.7 Å². The predicted molar refractivity (Wildman–Crippen MR) is 109 cm³/mol. The summed E-state index contributed by atoms with van der Waals surface area (Å²) in [6, 6.07) is 14.3. The third kappa shape index (κ3) is 5.20. The Morgan fingerprint density at radius 1 is 1.21 bits per heavy atom. The molecule has 1 aliphatic heterocycles. The predicted octanol–water partition coefficient (Wildman–Crippen LogP) is 1.80. The van der Waals surface area contributed by atoms with Crippen LogP contribution in [0, 0.1) is 5.92 Å². The van der Waals surface area contributed by atoms with Crippen molar-refractivity contribution in [2.24, 2.45) is 11.7 Å². The third-order valence-corrected chi connectivity index (χ3v) is 5.13. The molecule has 1 unspecified atom stereocenters. The number of carbonyl (C=O) groups is 3. The second-order valence-electron chi connectivity index (χ2n) is 7.46. The van der Waals surface area contributed by atoms with Crippen LogP contribution in [0.4, 0.5) is 5.69 Å². The van der Waals surface area contributed by atoms with E-state index in [9.17, 15) is 14.4 Å². The molecule has 7 nitrogen and oxygen atoms in total. The van der Waals surface area contributed by atoms with Gasteiger partial charge in [-0.2, -0.15) is 0 Å². The molecule has 2 aromatic carbocycles. The first-order valence-corrected chi connectivity index (χ1v) is 9.52. The van der Waals surface area contributed by atoms with E-state index in [1.807, 2.05) is 42.5 Å². The molecule has 0 saturated carbocycles. The summed E-state index contributed by atoms with van der Waals surface area (Å²) in [4.78, 5) is 37.5. The van der Waals surface area contributed by atoms with Crippen LogP contribution in [-0.2, 0) is 33.8 Å². The van der Waals surface area contributed by atoms with E-state index >= 15 is 0 Å². The Balaban J connectivity index is 1.71. The number of nitrogens with zero attached hydrogens (tertiary/aromatic N) is 1. The van der Waals surface area contributed by atoms with E-state index in [-0.39, 0.29) is 18.2 Å². The Morgan fingerprint density at radius 2 is 1.93 bits per heavy atom. The molecule has 4 N–H and O–H groups in total. The number of rotatable bonds is 6. The highest BCUT2D eigenvalue weighted by molar-refractivity contribution is 5.95. The lowest BCUT2D eigenvalue weighted by Crippen LogP contribution is -2.37. The lowest BCUT2D eigenvalue weighted by Gasteiger charge is -2.18. The molecule has 1 heterocycles. The number of hydrogen-bond donors (Lipinski definition) is 3. The zero-order valence-electron chi connectivity index (χ0n) is 16.3. The number of anilines is 1. The molecule has 0 aliphatic carbocycles. The third-order valence-electron chi connectivity index (χ3n) is 5.13. The van der Waals surface area contributed by atoms with Gasteiger partial charge >= 0.3 is 5.97 Å². The van der Waals surface area contributed by atoms with Crippen LogP contribution in [0.25, 0.3) is 0 Å². The molecule has 7 heteroatoms. The maximum absolute atomic E-state index is 12.5. The first kappa shape index (κ1) is 20.5. The lowest BCUT2D eigenvalue weighted by atomic mass is 9.94. The fourth-order valence-corrected chi connectivity index (χ4v) is 3.61. The zero-order chi connectivity index (χ0) is 21.0. The van der Waals surface area contributed by atoms with Crippen molar-refractivity contribution in [3.8, 4) is 0 Å². The van der Waals surface area contributed by atoms with Crippen LogP contribution < -0.4 is 11.1 Å². The summed E-state index contributed by atoms with van der Waals surface area (Å²) in [7, 11) is 1.66. The van der Waals surface area contributed by atoms with Crippen molar-refractivity contribution in [3.05, 3.63) is 65.2 Å². The minimum absolute atomic E-state index is 0.181. The number of carboxylic acids is 1. The van der Waals surface area contributed by atoms with Crippen molar-refractivity contribution < 1.29 is 19.5 Å². The van der Waals surface area contributed by atoms with Crippen molar-refractivity contribution in [1.29, 1.82) is 0 Å². The smallest absolute Gasteiger partial charge is 0.304 e. The number of amides is 2. The highest BCUT2D eigenvalue weighted by Gasteiger charge is 2.29.